The van der Waals surface area contributed by atoms with Crippen molar-refractivity contribution in [1.82, 2.24) is 20.4 Å². The maximum Gasteiger partial charge on any atom is 0.409 e. The molecule has 7 heteroatoms. The maximum absolute atomic E-state index is 11.8. The zero-order valence-corrected chi connectivity index (χ0v) is 17.5. The van der Waals surface area contributed by atoms with Gasteiger partial charge in [-0.2, -0.15) is 0 Å². The molecule has 1 aliphatic rings. The van der Waals surface area contributed by atoms with E-state index in [9.17, 15) is 4.79 Å². The normalized spacial score (nSPS) is 16.5. The molecule has 0 radical (unpaired) electrons. The van der Waals surface area contributed by atoms with Crippen molar-refractivity contribution in [3.05, 3.63) is 0 Å². The van der Waals surface area contributed by atoms with Crippen LogP contribution in [0.2, 0.25) is 0 Å². The molecule has 1 rings (SSSR count). The monoisotopic (exact) mass is 369 g/mol. The lowest BCUT2D eigenvalue weighted by molar-refractivity contribution is 0.0963. The lowest BCUT2D eigenvalue weighted by Crippen LogP contribution is -2.50. The van der Waals surface area contributed by atoms with E-state index >= 15 is 0 Å². The summed E-state index contributed by atoms with van der Waals surface area (Å²) in [4.78, 5) is 20.4. The van der Waals surface area contributed by atoms with Gasteiger partial charge in [-0.15, -0.1) is 0 Å². The minimum Gasteiger partial charge on any atom is -0.450 e. The van der Waals surface area contributed by atoms with Gasteiger partial charge >= 0.3 is 6.09 Å². The van der Waals surface area contributed by atoms with Crippen molar-refractivity contribution in [2.75, 3.05) is 39.8 Å². The molecule has 0 aromatic rings. The topological polar surface area (TPSA) is 69.2 Å². The molecule has 1 amide bonds. The van der Waals surface area contributed by atoms with Crippen molar-refractivity contribution < 1.29 is 9.53 Å². The summed E-state index contributed by atoms with van der Waals surface area (Å²) in [5.74, 6) is 0.847. The minimum absolute atomic E-state index is 0.201. The lowest BCUT2D eigenvalue weighted by atomic mass is 10.1. The van der Waals surface area contributed by atoms with E-state index in [0.29, 0.717) is 24.7 Å². The average Bonchev–Trinajstić information content (AvgIpc) is 2.60. The van der Waals surface area contributed by atoms with Gasteiger partial charge in [-0.3, -0.25) is 9.89 Å². The van der Waals surface area contributed by atoms with Crippen LogP contribution in [0.25, 0.3) is 0 Å². The van der Waals surface area contributed by atoms with Gasteiger partial charge in [0.2, 0.25) is 0 Å². The number of carbonyl (C=O) groups excluding carboxylic acids is 1. The third-order valence-corrected chi connectivity index (χ3v) is 4.80. The number of nitrogens with zero attached hydrogens (tertiary/aromatic N) is 3. The number of nitrogens with one attached hydrogen (secondary N) is 2. The molecule has 0 saturated carbocycles. The molecule has 1 fully saturated rings. The van der Waals surface area contributed by atoms with Gasteiger partial charge in [0.1, 0.15) is 0 Å². The van der Waals surface area contributed by atoms with Crippen LogP contribution in [0.15, 0.2) is 4.99 Å². The summed E-state index contributed by atoms with van der Waals surface area (Å²) in [5.41, 5.74) is 0. The number of ether oxygens (including phenoxy) is 1. The zero-order valence-electron chi connectivity index (χ0n) is 17.5. The number of aliphatic imine (C=N–C) groups is 1. The van der Waals surface area contributed by atoms with Crippen LogP contribution >= 0.6 is 0 Å². The Morgan fingerprint density at radius 1 is 1.23 bits per heavy atom. The fourth-order valence-electron chi connectivity index (χ4n) is 3.39. The molecule has 0 atom stereocenters. The summed E-state index contributed by atoms with van der Waals surface area (Å²) in [7, 11) is 1.80. The molecule has 26 heavy (non-hydrogen) atoms. The van der Waals surface area contributed by atoms with Gasteiger partial charge < -0.3 is 20.3 Å². The highest BCUT2D eigenvalue weighted by Gasteiger charge is 2.24. The molecule has 0 aromatic heterocycles. The van der Waals surface area contributed by atoms with E-state index in [2.05, 4.69) is 48.2 Å². The van der Waals surface area contributed by atoms with E-state index in [4.69, 9.17) is 4.74 Å². The number of guanidine groups is 1. The summed E-state index contributed by atoms with van der Waals surface area (Å²) in [6.45, 7) is 14.7. The van der Waals surface area contributed by atoms with Crippen LogP contribution in [-0.2, 0) is 4.74 Å². The molecule has 0 aromatic carbocycles. The SMILES string of the molecule is CCOC(=O)N1CCC(NC(=NC)NCCCN(C(C)C)C(C)C)CC1. The van der Waals surface area contributed by atoms with E-state index in [-0.39, 0.29) is 6.09 Å². The Balaban J connectivity index is 2.28. The Kier molecular flexibility index (Phi) is 10.4. The van der Waals surface area contributed by atoms with Crippen molar-refractivity contribution in [2.24, 2.45) is 4.99 Å². The van der Waals surface area contributed by atoms with Gasteiger partial charge in [0, 0.05) is 51.4 Å². The number of carbonyl (C=O) groups is 1. The Morgan fingerprint density at radius 2 is 1.85 bits per heavy atom. The Hall–Kier alpha value is -1.50. The van der Waals surface area contributed by atoms with Crippen molar-refractivity contribution >= 4 is 12.1 Å². The number of likely N-dealkylation sites (tertiary alicyclic amines) is 1. The van der Waals surface area contributed by atoms with Crippen LogP contribution in [0, 0.1) is 0 Å². The summed E-state index contributed by atoms with van der Waals surface area (Å²) in [6.07, 6.45) is 2.70. The maximum atomic E-state index is 11.8. The first kappa shape index (κ1) is 22.5. The van der Waals surface area contributed by atoms with Crippen LogP contribution in [0.1, 0.15) is 53.9 Å². The molecular formula is C19H39N5O2. The van der Waals surface area contributed by atoms with Crippen molar-refractivity contribution in [3.63, 3.8) is 0 Å². The van der Waals surface area contributed by atoms with Gasteiger partial charge in [0.15, 0.2) is 5.96 Å². The molecule has 0 bridgehead atoms. The molecule has 152 valence electrons. The fraction of sp³-hybridized carbons (Fsp3) is 0.895. The first-order valence-corrected chi connectivity index (χ1v) is 10.0. The highest BCUT2D eigenvalue weighted by atomic mass is 16.6. The average molecular weight is 370 g/mol. The number of piperidine rings is 1. The standard InChI is InChI=1S/C19H39N5O2/c1-7-26-19(25)23-13-9-17(10-14-23)22-18(20-6)21-11-8-12-24(15(2)3)16(4)5/h15-17H,7-14H2,1-6H3,(H2,20,21,22). The molecule has 1 aliphatic heterocycles. The Labute approximate surface area is 159 Å². The number of hydrogen-bond acceptors (Lipinski definition) is 4. The molecule has 1 heterocycles. The highest BCUT2D eigenvalue weighted by molar-refractivity contribution is 5.80. The molecule has 0 aliphatic carbocycles. The lowest BCUT2D eigenvalue weighted by Gasteiger charge is -2.32. The Bertz CT molecular complexity index is 424. The number of rotatable bonds is 8. The Morgan fingerprint density at radius 3 is 2.35 bits per heavy atom. The minimum atomic E-state index is -0.201. The zero-order chi connectivity index (χ0) is 19.5. The van der Waals surface area contributed by atoms with Gasteiger partial charge in [0.05, 0.1) is 6.61 Å². The predicted molar refractivity (Wildman–Crippen MR) is 108 cm³/mol. The molecule has 7 nitrogen and oxygen atoms in total. The largest absolute Gasteiger partial charge is 0.450 e. The van der Waals surface area contributed by atoms with Gasteiger partial charge in [0.25, 0.3) is 0 Å². The second-order valence-electron chi connectivity index (χ2n) is 7.38. The molecule has 1 saturated heterocycles. The first-order chi connectivity index (χ1) is 12.4. The van der Waals surface area contributed by atoms with Gasteiger partial charge in [-0.25, -0.2) is 4.79 Å². The van der Waals surface area contributed by atoms with Crippen molar-refractivity contribution in [1.29, 1.82) is 0 Å². The van der Waals surface area contributed by atoms with Crippen molar-refractivity contribution in [2.45, 2.75) is 72.0 Å². The predicted octanol–water partition coefficient (Wildman–Crippen LogP) is 2.28. The van der Waals surface area contributed by atoms with E-state index in [1.54, 1.807) is 11.9 Å². The summed E-state index contributed by atoms with van der Waals surface area (Å²) in [5, 5.41) is 6.89. The van der Waals surface area contributed by atoms with Crippen LogP contribution in [-0.4, -0.2) is 79.8 Å². The molecule has 2 N–H and O–H groups in total. The van der Waals surface area contributed by atoms with E-state index in [1.165, 1.54) is 0 Å². The summed E-state index contributed by atoms with van der Waals surface area (Å²) in [6, 6.07) is 1.48. The second kappa shape index (κ2) is 12.0. The smallest absolute Gasteiger partial charge is 0.409 e. The second-order valence-corrected chi connectivity index (χ2v) is 7.38. The van der Waals surface area contributed by atoms with Crippen LogP contribution in [0.5, 0.6) is 0 Å². The van der Waals surface area contributed by atoms with Gasteiger partial charge in [-0.05, 0) is 53.9 Å². The third-order valence-electron chi connectivity index (χ3n) is 4.80. The molecule has 0 spiro atoms. The molecular weight excluding hydrogens is 330 g/mol. The fourth-order valence-corrected chi connectivity index (χ4v) is 3.39. The third kappa shape index (κ3) is 7.81. The quantitative estimate of drug-likeness (QED) is 0.390. The highest BCUT2D eigenvalue weighted by Crippen LogP contribution is 2.11. The number of hydrogen-bond donors (Lipinski definition) is 2. The van der Waals surface area contributed by atoms with Crippen LogP contribution < -0.4 is 10.6 Å². The van der Waals surface area contributed by atoms with Gasteiger partial charge in [-0.1, -0.05) is 0 Å². The van der Waals surface area contributed by atoms with Crippen LogP contribution in [0.4, 0.5) is 4.79 Å². The van der Waals surface area contributed by atoms with Crippen LogP contribution in [0.3, 0.4) is 0 Å². The van der Waals surface area contributed by atoms with E-state index in [1.807, 2.05) is 6.92 Å². The summed E-state index contributed by atoms with van der Waals surface area (Å²) >= 11 is 0. The van der Waals surface area contributed by atoms with Crippen molar-refractivity contribution in [3.8, 4) is 0 Å². The molecule has 0 unspecified atom stereocenters. The number of amides is 1. The summed E-state index contributed by atoms with van der Waals surface area (Å²) < 4.78 is 5.06. The van der Waals surface area contributed by atoms with E-state index < -0.39 is 0 Å². The van der Waals surface area contributed by atoms with E-state index in [0.717, 1.165) is 51.4 Å². The first-order valence-electron chi connectivity index (χ1n) is 10.0.